The molecule has 4 nitrogen and oxygen atoms in total. The molecular formula is C18H19ClN2O2. The Labute approximate surface area is 140 Å². The normalized spacial score (nSPS) is 17.8. The van der Waals surface area contributed by atoms with Crippen LogP contribution in [0.4, 0.5) is 0 Å². The topological polar surface area (TPSA) is 53.4 Å². The fraction of sp³-hybridized carbons (Fsp3) is 0.333. The van der Waals surface area contributed by atoms with E-state index in [1.54, 1.807) is 18.5 Å². The van der Waals surface area contributed by atoms with Gasteiger partial charge in [0.05, 0.1) is 5.41 Å². The maximum atomic E-state index is 12.0. The number of carboxylic acid groups (broad SMARTS) is 1. The molecule has 120 valence electrons. The number of benzene rings is 1. The number of hydrogen-bond donors (Lipinski definition) is 1. The summed E-state index contributed by atoms with van der Waals surface area (Å²) in [6, 6.07) is 11.9. The van der Waals surface area contributed by atoms with Gasteiger partial charge in [0.1, 0.15) is 0 Å². The lowest BCUT2D eigenvalue weighted by molar-refractivity contribution is -0.146. The Morgan fingerprint density at radius 1 is 1.22 bits per heavy atom. The van der Waals surface area contributed by atoms with E-state index in [0.29, 0.717) is 23.4 Å². The summed E-state index contributed by atoms with van der Waals surface area (Å²) in [4.78, 5) is 18.4. The highest BCUT2D eigenvalue weighted by molar-refractivity contribution is 6.31. The number of halogens is 1. The van der Waals surface area contributed by atoms with Gasteiger partial charge < -0.3 is 5.11 Å². The molecular weight excluding hydrogens is 312 g/mol. The monoisotopic (exact) mass is 330 g/mol. The number of aromatic nitrogens is 1. The van der Waals surface area contributed by atoms with Gasteiger partial charge in [0.15, 0.2) is 0 Å². The molecule has 3 rings (SSSR count). The smallest absolute Gasteiger partial charge is 0.314 e. The highest BCUT2D eigenvalue weighted by atomic mass is 35.5. The molecule has 0 aliphatic carbocycles. The van der Waals surface area contributed by atoms with Crippen LogP contribution in [-0.2, 0) is 16.8 Å². The molecule has 0 atom stereocenters. The zero-order valence-corrected chi connectivity index (χ0v) is 13.5. The summed E-state index contributed by atoms with van der Waals surface area (Å²) >= 11 is 6.24. The average molecular weight is 331 g/mol. The van der Waals surface area contributed by atoms with Crippen molar-refractivity contribution in [1.82, 2.24) is 9.88 Å². The maximum absolute atomic E-state index is 12.0. The van der Waals surface area contributed by atoms with Crippen LogP contribution in [0.2, 0.25) is 5.02 Å². The minimum Gasteiger partial charge on any atom is -0.481 e. The van der Waals surface area contributed by atoms with E-state index in [-0.39, 0.29) is 0 Å². The van der Waals surface area contributed by atoms with E-state index in [0.717, 1.165) is 19.6 Å². The van der Waals surface area contributed by atoms with Crippen LogP contribution >= 0.6 is 11.6 Å². The number of nitrogens with zero attached hydrogens (tertiary/aromatic N) is 2. The predicted octanol–water partition coefficient (Wildman–Crippen LogP) is 3.35. The fourth-order valence-electron chi connectivity index (χ4n) is 3.26. The van der Waals surface area contributed by atoms with E-state index in [1.807, 2.05) is 18.2 Å². The molecule has 0 amide bonds. The third kappa shape index (κ3) is 3.23. The van der Waals surface area contributed by atoms with Crippen LogP contribution in [0, 0.1) is 0 Å². The number of pyridine rings is 1. The third-order valence-corrected chi connectivity index (χ3v) is 4.98. The minimum atomic E-state index is -0.932. The molecule has 0 spiro atoms. The van der Waals surface area contributed by atoms with Crippen molar-refractivity contribution >= 4 is 17.6 Å². The second-order valence-corrected chi connectivity index (χ2v) is 6.41. The Bertz CT molecular complexity index is 682. The highest BCUT2D eigenvalue weighted by Gasteiger charge is 2.44. The van der Waals surface area contributed by atoms with E-state index in [2.05, 4.69) is 22.0 Å². The molecule has 2 heterocycles. The lowest BCUT2D eigenvalue weighted by Crippen LogP contribution is -2.47. The van der Waals surface area contributed by atoms with Crippen molar-refractivity contribution in [1.29, 1.82) is 0 Å². The summed E-state index contributed by atoms with van der Waals surface area (Å²) in [5, 5.41) is 10.3. The van der Waals surface area contributed by atoms with Crippen LogP contribution in [0.3, 0.4) is 0 Å². The van der Waals surface area contributed by atoms with Gasteiger partial charge in [-0.2, -0.15) is 0 Å². The zero-order chi connectivity index (χ0) is 16.3. The molecule has 0 unspecified atom stereocenters. The lowest BCUT2D eigenvalue weighted by atomic mass is 9.73. The summed E-state index contributed by atoms with van der Waals surface area (Å²) < 4.78 is 0. The molecule has 1 aromatic carbocycles. The van der Waals surface area contributed by atoms with Crippen LogP contribution in [0.1, 0.15) is 24.0 Å². The number of hydrogen-bond acceptors (Lipinski definition) is 3. The molecule has 23 heavy (non-hydrogen) atoms. The van der Waals surface area contributed by atoms with E-state index in [1.165, 1.54) is 5.56 Å². The second kappa shape index (κ2) is 6.69. The van der Waals surface area contributed by atoms with E-state index >= 15 is 0 Å². The van der Waals surface area contributed by atoms with E-state index in [9.17, 15) is 9.90 Å². The first-order valence-electron chi connectivity index (χ1n) is 7.71. The minimum absolute atomic E-state index is 0.485. The predicted molar refractivity (Wildman–Crippen MR) is 89.5 cm³/mol. The van der Waals surface area contributed by atoms with Gasteiger partial charge in [-0.15, -0.1) is 0 Å². The molecule has 1 fully saturated rings. The highest BCUT2D eigenvalue weighted by Crippen LogP contribution is 2.39. The lowest BCUT2D eigenvalue weighted by Gasteiger charge is -2.39. The molecule has 0 radical (unpaired) electrons. The van der Waals surface area contributed by atoms with Gasteiger partial charge in [-0.3, -0.25) is 14.7 Å². The Hall–Kier alpha value is -1.91. The number of carboxylic acids is 1. The van der Waals surface area contributed by atoms with Gasteiger partial charge in [0.2, 0.25) is 0 Å². The Kier molecular flexibility index (Phi) is 4.64. The van der Waals surface area contributed by atoms with Gasteiger partial charge in [-0.05, 0) is 37.6 Å². The SMILES string of the molecule is O=C(O)C1(c2cnccc2Cl)CCN(Cc2ccccc2)CC1. The second-order valence-electron chi connectivity index (χ2n) is 6.00. The Morgan fingerprint density at radius 2 is 1.91 bits per heavy atom. The van der Waals surface area contributed by atoms with Crippen molar-refractivity contribution in [2.75, 3.05) is 13.1 Å². The molecule has 1 aromatic heterocycles. The van der Waals surface area contributed by atoms with Gasteiger partial charge in [0, 0.05) is 29.5 Å². The molecule has 0 bridgehead atoms. The average Bonchev–Trinajstić information content (AvgIpc) is 2.57. The molecule has 2 aromatic rings. The van der Waals surface area contributed by atoms with Gasteiger partial charge >= 0.3 is 5.97 Å². The first kappa shape index (κ1) is 16.0. The van der Waals surface area contributed by atoms with Gasteiger partial charge in [0.25, 0.3) is 0 Å². The summed E-state index contributed by atoms with van der Waals surface area (Å²) in [5.74, 6) is -0.813. The number of rotatable bonds is 4. The van der Waals surface area contributed by atoms with Crippen LogP contribution in [-0.4, -0.2) is 34.0 Å². The van der Waals surface area contributed by atoms with Crippen molar-refractivity contribution in [2.24, 2.45) is 0 Å². The quantitative estimate of drug-likeness (QED) is 0.934. The summed E-state index contributed by atoms with van der Waals surface area (Å²) in [6.07, 6.45) is 4.27. The summed E-state index contributed by atoms with van der Waals surface area (Å²) in [6.45, 7) is 2.30. The van der Waals surface area contributed by atoms with Gasteiger partial charge in [-0.1, -0.05) is 41.9 Å². The summed E-state index contributed by atoms with van der Waals surface area (Å²) in [7, 11) is 0. The van der Waals surface area contributed by atoms with Crippen molar-refractivity contribution in [2.45, 2.75) is 24.8 Å². The van der Waals surface area contributed by atoms with Crippen LogP contribution in [0.15, 0.2) is 48.8 Å². The summed E-state index contributed by atoms with van der Waals surface area (Å²) in [5.41, 5.74) is 0.946. The molecule has 5 heteroatoms. The zero-order valence-electron chi connectivity index (χ0n) is 12.8. The Balaban J connectivity index is 1.77. The van der Waals surface area contributed by atoms with Gasteiger partial charge in [-0.25, -0.2) is 0 Å². The van der Waals surface area contributed by atoms with E-state index in [4.69, 9.17) is 11.6 Å². The van der Waals surface area contributed by atoms with Crippen molar-refractivity contribution in [3.8, 4) is 0 Å². The Morgan fingerprint density at radius 3 is 2.52 bits per heavy atom. The number of likely N-dealkylation sites (tertiary alicyclic amines) is 1. The first-order chi connectivity index (χ1) is 11.1. The molecule has 0 saturated carbocycles. The largest absolute Gasteiger partial charge is 0.481 e. The molecule has 1 aliphatic heterocycles. The number of carbonyl (C=O) groups is 1. The first-order valence-corrected chi connectivity index (χ1v) is 8.09. The number of piperidine rings is 1. The molecule has 1 saturated heterocycles. The van der Waals surface area contributed by atoms with Crippen molar-refractivity contribution in [3.05, 3.63) is 64.9 Å². The van der Waals surface area contributed by atoms with Crippen LogP contribution in [0.25, 0.3) is 0 Å². The molecule has 1 N–H and O–H groups in total. The number of aliphatic carboxylic acids is 1. The van der Waals surface area contributed by atoms with Crippen molar-refractivity contribution < 1.29 is 9.90 Å². The third-order valence-electron chi connectivity index (χ3n) is 4.65. The van der Waals surface area contributed by atoms with E-state index < -0.39 is 11.4 Å². The van der Waals surface area contributed by atoms with Crippen LogP contribution < -0.4 is 0 Å². The van der Waals surface area contributed by atoms with Crippen molar-refractivity contribution in [3.63, 3.8) is 0 Å². The fourth-order valence-corrected chi connectivity index (χ4v) is 3.55. The van der Waals surface area contributed by atoms with Crippen LogP contribution in [0.5, 0.6) is 0 Å². The maximum Gasteiger partial charge on any atom is 0.314 e. The standard InChI is InChI=1S/C18H19ClN2O2/c19-16-6-9-20-12-15(16)18(17(22)23)7-10-21(11-8-18)13-14-4-2-1-3-5-14/h1-6,9,12H,7-8,10-11,13H2,(H,22,23). The molecule has 1 aliphatic rings.